The van der Waals surface area contributed by atoms with E-state index in [9.17, 15) is 18.0 Å². The van der Waals surface area contributed by atoms with Crippen LogP contribution in [0.15, 0.2) is 36.4 Å². The highest BCUT2D eigenvalue weighted by atomic mass is 35.5. The van der Waals surface area contributed by atoms with Gasteiger partial charge in [-0.3, -0.25) is 0 Å². The van der Waals surface area contributed by atoms with E-state index in [4.69, 9.17) is 21.1 Å². The van der Waals surface area contributed by atoms with Gasteiger partial charge in [0.15, 0.2) is 11.5 Å². The van der Waals surface area contributed by atoms with Crippen molar-refractivity contribution in [3.8, 4) is 11.5 Å². The third-order valence-electron chi connectivity index (χ3n) is 3.18. The number of benzene rings is 2. The molecule has 0 bridgehead atoms. The van der Waals surface area contributed by atoms with Crippen molar-refractivity contribution in [2.24, 2.45) is 0 Å². The maximum atomic E-state index is 13.0. The smallest absolute Gasteiger partial charge is 0.418 e. The molecule has 0 aromatic heterocycles. The molecule has 0 unspecified atom stereocenters. The van der Waals surface area contributed by atoms with Gasteiger partial charge in [-0.05, 0) is 30.3 Å². The quantitative estimate of drug-likeness (QED) is 0.790. The van der Waals surface area contributed by atoms with Crippen molar-refractivity contribution in [3.05, 3.63) is 47.0 Å². The van der Waals surface area contributed by atoms with Crippen molar-refractivity contribution >= 4 is 29.0 Å². The minimum atomic E-state index is -4.66. The summed E-state index contributed by atoms with van der Waals surface area (Å²) in [4.78, 5) is 12.0. The van der Waals surface area contributed by atoms with E-state index in [1.165, 1.54) is 32.4 Å². The zero-order valence-corrected chi connectivity index (χ0v) is 14.0. The van der Waals surface area contributed by atoms with Gasteiger partial charge < -0.3 is 20.1 Å². The van der Waals surface area contributed by atoms with E-state index < -0.39 is 23.5 Å². The zero-order valence-electron chi connectivity index (χ0n) is 13.2. The van der Waals surface area contributed by atoms with E-state index in [0.29, 0.717) is 17.2 Å². The number of hydrogen-bond donors (Lipinski definition) is 2. The van der Waals surface area contributed by atoms with Crippen LogP contribution >= 0.6 is 11.6 Å². The molecule has 9 heteroatoms. The Labute approximate surface area is 146 Å². The summed E-state index contributed by atoms with van der Waals surface area (Å²) >= 11 is 5.60. The lowest BCUT2D eigenvalue weighted by molar-refractivity contribution is -0.136. The number of ether oxygens (including phenoxy) is 2. The summed E-state index contributed by atoms with van der Waals surface area (Å²) in [5.74, 6) is 0.813. The average molecular weight is 375 g/mol. The first kappa shape index (κ1) is 18.7. The topological polar surface area (TPSA) is 59.6 Å². The van der Waals surface area contributed by atoms with Crippen molar-refractivity contribution in [1.29, 1.82) is 0 Å². The fourth-order valence-corrected chi connectivity index (χ4v) is 2.23. The number of amides is 2. The maximum absolute atomic E-state index is 13.0. The van der Waals surface area contributed by atoms with Gasteiger partial charge in [-0.2, -0.15) is 13.2 Å². The number of rotatable bonds is 4. The van der Waals surface area contributed by atoms with Crippen LogP contribution in [0.3, 0.4) is 0 Å². The Balaban J connectivity index is 2.19. The first-order valence-corrected chi connectivity index (χ1v) is 7.29. The molecule has 0 saturated heterocycles. The largest absolute Gasteiger partial charge is 0.493 e. The molecule has 2 N–H and O–H groups in total. The van der Waals surface area contributed by atoms with Gasteiger partial charge in [-0.15, -0.1) is 0 Å². The van der Waals surface area contributed by atoms with E-state index >= 15 is 0 Å². The van der Waals surface area contributed by atoms with Gasteiger partial charge in [0.25, 0.3) is 0 Å². The third-order valence-corrected chi connectivity index (χ3v) is 3.41. The molecule has 0 aliphatic rings. The maximum Gasteiger partial charge on any atom is 0.418 e. The van der Waals surface area contributed by atoms with E-state index in [1.54, 1.807) is 6.07 Å². The summed E-state index contributed by atoms with van der Waals surface area (Å²) in [5.41, 5.74) is -1.13. The van der Waals surface area contributed by atoms with Crippen LogP contribution in [0.2, 0.25) is 5.02 Å². The number of carbonyl (C=O) groups is 1. The first-order valence-electron chi connectivity index (χ1n) is 6.91. The highest BCUT2D eigenvalue weighted by molar-refractivity contribution is 6.30. The number of halogens is 4. The van der Waals surface area contributed by atoms with Gasteiger partial charge in [-0.1, -0.05) is 11.6 Å². The van der Waals surface area contributed by atoms with Crippen LogP contribution in [0.5, 0.6) is 11.5 Å². The Morgan fingerprint density at radius 2 is 1.68 bits per heavy atom. The van der Waals surface area contributed by atoms with Crippen LogP contribution in [0.1, 0.15) is 5.56 Å². The SMILES string of the molecule is COc1ccc(NC(=O)Nc2ccc(Cl)cc2C(F)(F)F)cc1OC. The number of hydrogen-bond acceptors (Lipinski definition) is 3. The first-order chi connectivity index (χ1) is 11.7. The molecule has 0 fully saturated rings. The van der Waals surface area contributed by atoms with E-state index in [1.807, 2.05) is 0 Å². The standard InChI is InChI=1S/C16H14ClF3N2O3/c1-24-13-6-4-10(8-14(13)25-2)21-15(23)22-12-5-3-9(17)7-11(12)16(18,19)20/h3-8H,1-2H3,(H2,21,22,23). The fraction of sp³-hybridized carbons (Fsp3) is 0.188. The Kier molecular flexibility index (Phi) is 5.63. The summed E-state index contributed by atoms with van der Waals surface area (Å²) in [6, 6.07) is 6.78. The lowest BCUT2D eigenvalue weighted by Gasteiger charge is -2.15. The molecule has 2 amide bonds. The monoisotopic (exact) mass is 374 g/mol. The van der Waals surface area contributed by atoms with Crippen molar-refractivity contribution in [2.75, 3.05) is 24.9 Å². The number of carbonyl (C=O) groups excluding carboxylic acids is 1. The van der Waals surface area contributed by atoms with Gasteiger partial charge in [0, 0.05) is 16.8 Å². The molecule has 0 spiro atoms. The Hall–Kier alpha value is -2.61. The van der Waals surface area contributed by atoms with Crippen LogP contribution in [-0.4, -0.2) is 20.3 Å². The van der Waals surface area contributed by atoms with Gasteiger partial charge in [0.1, 0.15) is 0 Å². The average Bonchev–Trinajstić information content (AvgIpc) is 2.55. The van der Waals surface area contributed by atoms with Gasteiger partial charge in [0.2, 0.25) is 0 Å². The van der Waals surface area contributed by atoms with Crippen molar-refractivity contribution in [3.63, 3.8) is 0 Å². The molecule has 134 valence electrons. The van der Waals surface area contributed by atoms with Crippen LogP contribution in [-0.2, 0) is 6.18 Å². The molecular formula is C16H14ClF3N2O3. The highest BCUT2D eigenvalue weighted by Gasteiger charge is 2.34. The molecular weight excluding hydrogens is 361 g/mol. The summed E-state index contributed by atoms with van der Waals surface area (Å²) < 4.78 is 49.2. The Bertz CT molecular complexity index is 782. The second-order valence-electron chi connectivity index (χ2n) is 4.84. The van der Waals surface area contributed by atoms with Crippen LogP contribution in [0.25, 0.3) is 0 Å². The molecule has 2 aromatic carbocycles. The zero-order chi connectivity index (χ0) is 18.6. The second kappa shape index (κ2) is 7.52. The molecule has 0 aliphatic carbocycles. The van der Waals surface area contributed by atoms with E-state index in [2.05, 4.69) is 10.6 Å². The van der Waals surface area contributed by atoms with Crippen molar-refractivity contribution in [1.82, 2.24) is 0 Å². The molecule has 5 nitrogen and oxygen atoms in total. The molecule has 0 aliphatic heterocycles. The molecule has 0 heterocycles. The summed E-state index contributed by atoms with van der Waals surface area (Å²) in [6.07, 6.45) is -4.66. The van der Waals surface area contributed by atoms with Gasteiger partial charge >= 0.3 is 12.2 Å². The normalized spacial score (nSPS) is 11.0. The Morgan fingerprint density at radius 3 is 2.28 bits per heavy atom. The molecule has 25 heavy (non-hydrogen) atoms. The lowest BCUT2D eigenvalue weighted by Crippen LogP contribution is -2.22. The van der Waals surface area contributed by atoms with E-state index in [-0.39, 0.29) is 5.02 Å². The van der Waals surface area contributed by atoms with Crippen LogP contribution in [0.4, 0.5) is 29.3 Å². The van der Waals surface area contributed by atoms with Crippen molar-refractivity contribution < 1.29 is 27.4 Å². The van der Waals surface area contributed by atoms with Gasteiger partial charge in [-0.25, -0.2) is 4.79 Å². The van der Waals surface area contributed by atoms with Gasteiger partial charge in [0.05, 0.1) is 25.5 Å². The number of anilines is 2. The summed E-state index contributed by atoms with van der Waals surface area (Å²) in [5, 5.41) is 4.50. The highest BCUT2D eigenvalue weighted by Crippen LogP contribution is 2.36. The molecule has 0 saturated carbocycles. The minimum Gasteiger partial charge on any atom is -0.493 e. The minimum absolute atomic E-state index is 0.0850. The lowest BCUT2D eigenvalue weighted by atomic mass is 10.1. The second-order valence-corrected chi connectivity index (χ2v) is 5.27. The number of nitrogens with one attached hydrogen (secondary N) is 2. The number of methoxy groups -OCH3 is 2. The predicted octanol–water partition coefficient (Wildman–Crippen LogP) is 5.02. The fourth-order valence-electron chi connectivity index (χ4n) is 2.06. The summed E-state index contributed by atoms with van der Waals surface area (Å²) in [6.45, 7) is 0. The summed E-state index contributed by atoms with van der Waals surface area (Å²) in [7, 11) is 2.88. The molecule has 2 aromatic rings. The molecule has 2 rings (SSSR count). The number of urea groups is 1. The predicted molar refractivity (Wildman–Crippen MR) is 88.6 cm³/mol. The van der Waals surface area contributed by atoms with Crippen LogP contribution in [0, 0.1) is 0 Å². The van der Waals surface area contributed by atoms with E-state index in [0.717, 1.165) is 12.1 Å². The Morgan fingerprint density at radius 1 is 1.00 bits per heavy atom. The molecule has 0 radical (unpaired) electrons. The molecule has 0 atom stereocenters. The van der Waals surface area contributed by atoms with Crippen molar-refractivity contribution in [2.45, 2.75) is 6.18 Å². The third kappa shape index (κ3) is 4.69. The number of alkyl halides is 3. The van der Waals surface area contributed by atoms with Crippen LogP contribution < -0.4 is 20.1 Å².